The fraction of sp³-hybridized carbons (Fsp3) is 0.250. The van der Waals surface area contributed by atoms with Crippen LogP contribution in [0.1, 0.15) is 18.9 Å². The zero-order valence-electron chi connectivity index (χ0n) is 16.3. The number of rotatable bonds is 5. The van der Waals surface area contributed by atoms with E-state index in [9.17, 15) is 22.8 Å². The van der Waals surface area contributed by atoms with Gasteiger partial charge in [-0.25, -0.2) is 13.1 Å². The second-order valence-electron chi connectivity index (χ2n) is 7.01. The normalized spacial score (nSPS) is 16.4. The van der Waals surface area contributed by atoms with Crippen molar-refractivity contribution < 1.29 is 22.8 Å². The molecule has 1 aliphatic rings. The van der Waals surface area contributed by atoms with Gasteiger partial charge < -0.3 is 10.2 Å². The molecule has 30 heavy (non-hydrogen) atoms. The zero-order chi connectivity index (χ0) is 22.1. The van der Waals surface area contributed by atoms with Gasteiger partial charge in [-0.3, -0.25) is 14.4 Å². The van der Waals surface area contributed by atoms with E-state index in [0.29, 0.717) is 16.4 Å². The van der Waals surface area contributed by atoms with Crippen molar-refractivity contribution in [1.29, 1.82) is 0 Å². The fourth-order valence-electron chi connectivity index (χ4n) is 3.09. The number of hydrogen-bond donors (Lipinski definition) is 2. The van der Waals surface area contributed by atoms with E-state index in [0.717, 1.165) is 12.5 Å². The third-order valence-corrected chi connectivity index (χ3v) is 6.53. The lowest BCUT2D eigenvalue weighted by molar-refractivity contribution is -0.122. The minimum absolute atomic E-state index is 0.0618. The molecule has 0 saturated carbocycles. The molecule has 1 aliphatic heterocycles. The summed E-state index contributed by atoms with van der Waals surface area (Å²) in [6.07, 6.45) is 0.0618. The summed E-state index contributed by atoms with van der Waals surface area (Å²) in [4.78, 5) is 37.4. The maximum Gasteiger partial charge on any atom is 0.264 e. The van der Waals surface area contributed by atoms with E-state index in [1.54, 1.807) is 12.1 Å². The Morgan fingerprint density at radius 3 is 2.40 bits per heavy atom. The molecule has 8 nitrogen and oxygen atoms in total. The second-order valence-corrected chi connectivity index (χ2v) is 9.10. The molecule has 10 heteroatoms. The molecule has 2 N–H and O–H groups in total. The third kappa shape index (κ3) is 4.80. The SMILES string of the molecule is CC(=O)NS(=O)(=O)c1ccc(NC(=O)[C@H]2CC(=O)N(c3ccc(C)c(Cl)c3)C2)cc1. The van der Waals surface area contributed by atoms with Gasteiger partial charge in [-0.2, -0.15) is 0 Å². The van der Waals surface area contributed by atoms with Crippen LogP contribution in [0.5, 0.6) is 0 Å². The Bertz CT molecular complexity index is 1120. The minimum atomic E-state index is -3.95. The average Bonchev–Trinajstić information content (AvgIpc) is 3.05. The number of hydrogen-bond acceptors (Lipinski definition) is 5. The average molecular weight is 450 g/mol. The summed E-state index contributed by atoms with van der Waals surface area (Å²) in [6, 6.07) is 10.7. The van der Waals surface area contributed by atoms with Gasteiger partial charge in [0.2, 0.25) is 17.7 Å². The van der Waals surface area contributed by atoms with Gasteiger partial charge in [0.05, 0.1) is 10.8 Å². The van der Waals surface area contributed by atoms with E-state index in [-0.39, 0.29) is 29.7 Å². The van der Waals surface area contributed by atoms with Gasteiger partial charge in [0.1, 0.15) is 0 Å². The van der Waals surface area contributed by atoms with Crippen LogP contribution in [0, 0.1) is 12.8 Å². The van der Waals surface area contributed by atoms with Crippen LogP contribution in [0.25, 0.3) is 0 Å². The number of halogens is 1. The molecule has 3 rings (SSSR count). The monoisotopic (exact) mass is 449 g/mol. The number of nitrogens with zero attached hydrogens (tertiary/aromatic N) is 1. The first-order valence-electron chi connectivity index (χ1n) is 9.07. The highest BCUT2D eigenvalue weighted by Crippen LogP contribution is 2.29. The molecule has 1 heterocycles. The molecule has 0 aromatic heterocycles. The first-order valence-corrected chi connectivity index (χ1v) is 10.9. The van der Waals surface area contributed by atoms with Crippen LogP contribution >= 0.6 is 11.6 Å². The summed E-state index contributed by atoms with van der Waals surface area (Å²) < 4.78 is 25.8. The van der Waals surface area contributed by atoms with Crippen molar-refractivity contribution in [1.82, 2.24) is 4.72 Å². The lowest BCUT2D eigenvalue weighted by atomic mass is 10.1. The lowest BCUT2D eigenvalue weighted by Crippen LogP contribution is -2.28. The maximum absolute atomic E-state index is 12.6. The van der Waals surface area contributed by atoms with E-state index in [1.807, 2.05) is 17.7 Å². The zero-order valence-corrected chi connectivity index (χ0v) is 17.9. The summed E-state index contributed by atoms with van der Waals surface area (Å²) in [6.45, 7) is 3.18. The number of sulfonamides is 1. The smallest absolute Gasteiger partial charge is 0.264 e. The first-order chi connectivity index (χ1) is 14.1. The van der Waals surface area contributed by atoms with E-state index in [1.165, 1.54) is 29.2 Å². The molecular formula is C20H20ClN3O5S. The number of carbonyl (C=O) groups is 3. The summed E-state index contributed by atoms with van der Waals surface area (Å²) in [7, 11) is -3.95. The van der Waals surface area contributed by atoms with Crippen LogP contribution in [-0.2, 0) is 24.4 Å². The number of amides is 3. The predicted octanol–water partition coefficient (Wildman–Crippen LogP) is 2.46. The van der Waals surface area contributed by atoms with Gasteiger partial charge in [0, 0.05) is 36.3 Å². The molecule has 2 aromatic carbocycles. The number of carbonyl (C=O) groups excluding carboxylic acids is 3. The van der Waals surface area contributed by atoms with Crippen molar-refractivity contribution in [3.8, 4) is 0 Å². The maximum atomic E-state index is 12.6. The molecule has 1 fully saturated rings. The van der Waals surface area contributed by atoms with Crippen LogP contribution in [0.4, 0.5) is 11.4 Å². The van der Waals surface area contributed by atoms with Crippen LogP contribution < -0.4 is 14.9 Å². The minimum Gasteiger partial charge on any atom is -0.326 e. The molecule has 1 atom stereocenters. The summed E-state index contributed by atoms with van der Waals surface area (Å²) in [5.74, 6) is -1.77. The Balaban J connectivity index is 1.67. The summed E-state index contributed by atoms with van der Waals surface area (Å²) >= 11 is 6.14. The van der Waals surface area contributed by atoms with Gasteiger partial charge in [-0.1, -0.05) is 17.7 Å². The van der Waals surface area contributed by atoms with Crippen molar-refractivity contribution in [2.75, 3.05) is 16.8 Å². The van der Waals surface area contributed by atoms with E-state index < -0.39 is 21.8 Å². The molecule has 0 radical (unpaired) electrons. The van der Waals surface area contributed by atoms with Crippen molar-refractivity contribution >= 4 is 50.7 Å². The van der Waals surface area contributed by atoms with Gasteiger partial charge >= 0.3 is 0 Å². The van der Waals surface area contributed by atoms with Gasteiger partial charge in [-0.15, -0.1) is 0 Å². The van der Waals surface area contributed by atoms with E-state index in [2.05, 4.69) is 5.32 Å². The molecule has 0 unspecified atom stereocenters. The topological polar surface area (TPSA) is 113 Å². The fourth-order valence-corrected chi connectivity index (χ4v) is 4.26. The molecule has 0 aliphatic carbocycles. The van der Waals surface area contributed by atoms with Crippen LogP contribution in [0.2, 0.25) is 5.02 Å². The van der Waals surface area contributed by atoms with Crippen LogP contribution in [0.15, 0.2) is 47.4 Å². The molecule has 1 saturated heterocycles. The standard InChI is InChI=1S/C20H20ClN3O5S/c1-12-3-6-16(10-18(12)21)24-11-14(9-19(24)26)20(27)22-15-4-7-17(8-5-15)30(28,29)23-13(2)25/h3-8,10,14H,9,11H2,1-2H3,(H,22,27)(H,23,25)/t14-/m0/s1. The van der Waals surface area contributed by atoms with E-state index in [4.69, 9.17) is 11.6 Å². The Kier molecular flexibility index (Phi) is 6.14. The van der Waals surface area contributed by atoms with Crippen molar-refractivity contribution in [2.24, 2.45) is 5.92 Å². The summed E-state index contributed by atoms with van der Waals surface area (Å²) in [5.41, 5.74) is 1.91. The van der Waals surface area contributed by atoms with Crippen LogP contribution in [0.3, 0.4) is 0 Å². The quantitative estimate of drug-likeness (QED) is 0.728. The molecule has 158 valence electrons. The number of nitrogens with one attached hydrogen (secondary N) is 2. The lowest BCUT2D eigenvalue weighted by Gasteiger charge is -2.17. The number of aryl methyl sites for hydroxylation is 1. The van der Waals surface area contributed by atoms with Gasteiger partial charge in [0.15, 0.2) is 0 Å². The van der Waals surface area contributed by atoms with Crippen molar-refractivity contribution in [2.45, 2.75) is 25.2 Å². The highest BCUT2D eigenvalue weighted by atomic mass is 35.5. The Hall–Kier alpha value is -2.91. The first kappa shape index (κ1) is 21.8. The van der Waals surface area contributed by atoms with Crippen LogP contribution in [-0.4, -0.2) is 32.7 Å². The molecule has 0 spiro atoms. The Morgan fingerprint density at radius 1 is 1.13 bits per heavy atom. The Labute approximate surface area is 179 Å². The molecular weight excluding hydrogens is 430 g/mol. The molecule has 0 bridgehead atoms. The largest absolute Gasteiger partial charge is 0.326 e. The molecule has 2 aromatic rings. The number of benzene rings is 2. The second kappa shape index (κ2) is 8.45. The summed E-state index contributed by atoms with van der Waals surface area (Å²) in [5, 5.41) is 3.23. The van der Waals surface area contributed by atoms with Crippen molar-refractivity contribution in [3.05, 3.63) is 53.1 Å². The predicted molar refractivity (Wildman–Crippen MR) is 113 cm³/mol. The van der Waals surface area contributed by atoms with Gasteiger partial charge in [-0.05, 0) is 48.9 Å². The number of anilines is 2. The molecule has 3 amide bonds. The van der Waals surface area contributed by atoms with E-state index >= 15 is 0 Å². The van der Waals surface area contributed by atoms with Crippen molar-refractivity contribution in [3.63, 3.8) is 0 Å². The third-order valence-electron chi connectivity index (χ3n) is 4.67. The highest BCUT2D eigenvalue weighted by molar-refractivity contribution is 7.90. The Morgan fingerprint density at radius 2 is 1.80 bits per heavy atom. The highest BCUT2D eigenvalue weighted by Gasteiger charge is 2.35. The van der Waals surface area contributed by atoms with Gasteiger partial charge in [0.25, 0.3) is 10.0 Å².